The van der Waals surface area contributed by atoms with Crippen LogP contribution in [0.2, 0.25) is 0 Å². The lowest BCUT2D eigenvalue weighted by atomic mass is 10.2. The second-order valence-electron chi connectivity index (χ2n) is 6.92. The first-order valence-electron chi connectivity index (χ1n) is 10.6. The summed E-state index contributed by atoms with van der Waals surface area (Å²) in [6.45, 7) is 11.8. The molecule has 1 unspecified atom stereocenters. The summed E-state index contributed by atoms with van der Waals surface area (Å²) >= 11 is 1.65. The molecular formula is C27H30NO3PS. The van der Waals surface area contributed by atoms with Crippen molar-refractivity contribution in [2.45, 2.75) is 20.8 Å². The van der Waals surface area contributed by atoms with Crippen LogP contribution in [-0.2, 0) is 4.79 Å². The van der Waals surface area contributed by atoms with E-state index in [4.69, 9.17) is 9.47 Å². The molecule has 172 valence electrons. The number of hydrogen-bond acceptors (Lipinski definition) is 5. The van der Waals surface area contributed by atoms with E-state index in [0.717, 1.165) is 39.9 Å². The number of carbonyl (C=O) groups is 1. The number of hydrogen-bond donors (Lipinski definition) is 0. The number of ether oxygens (including phenoxy) is 2. The summed E-state index contributed by atoms with van der Waals surface area (Å²) in [5, 5.41) is 0. The zero-order chi connectivity index (χ0) is 24.1. The second-order valence-corrected chi connectivity index (χ2v) is 8.32. The molecule has 0 aliphatic rings. The highest BCUT2D eigenvalue weighted by Crippen LogP contribution is 2.19. The maximum atomic E-state index is 11.0. The number of esters is 1. The van der Waals surface area contributed by atoms with Gasteiger partial charge in [-0.15, -0.1) is 11.3 Å². The lowest BCUT2D eigenvalue weighted by molar-refractivity contribution is -0.131. The van der Waals surface area contributed by atoms with Crippen molar-refractivity contribution in [1.82, 2.24) is 4.90 Å². The van der Waals surface area contributed by atoms with Crippen molar-refractivity contribution >= 4 is 32.6 Å². The summed E-state index contributed by atoms with van der Waals surface area (Å²) in [4.78, 5) is 15.4. The molecule has 0 aliphatic carbocycles. The average Bonchev–Trinajstić information content (AvgIpc) is 3.25. The molecule has 0 aliphatic heterocycles. The fraction of sp³-hybridized carbons (Fsp3) is 0.222. The van der Waals surface area contributed by atoms with Crippen molar-refractivity contribution in [2.75, 3.05) is 19.7 Å². The van der Waals surface area contributed by atoms with Gasteiger partial charge in [0.1, 0.15) is 18.1 Å². The van der Waals surface area contributed by atoms with Gasteiger partial charge in [-0.3, -0.25) is 4.79 Å². The molecular weight excluding hydrogens is 449 g/mol. The fourth-order valence-electron chi connectivity index (χ4n) is 2.92. The predicted molar refractivity (Wildman–Crippen MR) is 142 cm³/mol. The summed E-state index contributed by atoms with van der Waals surface area (Å²) in [5.74, 6) is 3.94. The number of nitrogens with zero attached hydrogens (tertiary/aromatic N) is 1. The molecule has 1 aromatic carbocycles. The number of allylic oxidation sites excluding steroid dienone is 5. The molecule has 0 N–H and O–H groups in total. The molecule has 0 radical (unpaired) electrons. The molecule has 2 aromatic rings. The Balaban J connectivity index is 1.87. The summed E-state index contributed by atoms with van der Waals surface area (Å²) < 4.78 is 10.9. The molecule has 0 saturated carbocycles. The second kappa shape index (κ2) is 14.2. The first-order chi connectivity index (χ1) is 15.9. The van der Waals surface area contributed by atoms with E-state index in [-0.39, 0.29) is 5.97 Å². The minimum atomic E-state index is -0.339. The van der Waals surface area contributed by atoms with Crippen molar-refractivity contribution in [1.29, 1.82) is 0 Å². The van der Waals surface area contributed by atoms with Gasteiger partial charge in [0.05, 0.1) is 11.4 Å². The van der Waals surface area contributed by atoms with E-state index in [0.29, 0.717) is 12.4 Å². The Bertz CT molecular complexity index is 1080. The van der Waals surface area contributed by atoms with Crippen LogP contribution >= 0.6 is 20.6 Å². The third-order valence-corrected chi connectivity index (χ3v) is 5.62. The SMILES string of the molecule is C=C(/C=C\C(=C/C)N(CC)CCOc1ccc(OC(C)=O)cc1)/C=C/c1ccc(C#CP)s1. The van der Waals surface area contributed by atoms with Gasteiger partial charge in [-0.25, -0.2) is 0 Å². The van der Waals surface area contributed by atoms with Gasteiger partial charge >= 0.3 is 5.97 Å². The lowest BCUT2D eigenvalue weighted by Gasteiger charge is -2.24. The Morgan fingerprint density at radius 3 is 2.52 bits per heavy atom. The number of likely N-dealkylation sites (N-methyl/N-ethyl adjacent to an activating group) is 1. The van der Waals surface area contributed by atoms with Gasteiger partial charge in [0, 0.05) is 24.0 Å². The van der Waals surface area contributed by atoms with Gasteiger partial charge in [0.2, 0.25) is 0 Å². The van der Waals surface area contributed by atoms with Gasteiger partial charge in [-0.05, 0) is 68.0 Å². The summed E-state index contributed by atoms with van der Waals surface area (Å²) in [7, 11) is 2.41. The minimum absolute atomic E-state index is 0.339. The summed E-state index contributed by atoms with van der Waals surface area (Å²) in [6.07, 6.45) is 10.2. The fourth-order valence-corrected chi connectivity index (χ4v) is 3.95. The average molecular weight is 480 g/mol. The molecule has 1 aromatic heterocycles. The molecule has 33 heavy (non-hydrogen) atoms. The van der Waals surface area contributed by atoms with Crippen molar-refractivity contribution in [3.63, 3.8) is 0 Å². The number of benzene rings is 1. The third kappa shape index (κ3) is 9.53. The summed E-state index contributed by atoms with van der Waals surface area (Å²) in [6, 6.07) is 11.1. The van der Waals surface area contributed by atoms with Crippen LogP contribution in [-0.4, -0.2) is 30.6 Å². The van der Waals surface area contributed by atoms with E-state index in [9.17, 15) is 4.79 Å². The standard InChI is InChI=1S/C27H30NO3PS/c1-5-23(9-7-21(3)8-14-26-15-16-27(33-26)17-20-32)28(6-2)18-19-30-24-10-12-25(13-11-24)31-22(4)29/h5,7-16H,3,6,18-19,32H2,1-2,4H3/b9-7-,14-8+,23-5+. The monoisotopic (exact) mass is 479 g/mol. The van der Waals surface area contributed by atoms with Gasteiger partial charge in [-0.1, -0.05) is 45.6 Å². The van der Waals surface area contributed by atoms with Gasteiger partial charge in [0.15, 0.2) is 0 Å². The van der Waals surface area contributed by atoms with Crippen LogP contribution in [0, 0.1) is 11.6 Å². The van der Waals surface area contributed by atoms with Crippen molar-refractivity contribution < 1.29 is 14.3 Å². The van der Waals surface area contributed by atoms with E-state index in [1.807, 2.05) is 25.1 Å². The van der Waals surface area contributed by atoms with Crippen LogP contribution < -0.4 is 9.47 Å². The zero-order valence-corrected chi connectivity index (χ0v) is 21.3. The molecule has 4 nitrogen and oxygen atoms in total. The maximum Gasteiger partial charge on any atom is 0.308 e. The molecule has 6 heteroatoms. The quantitative estimate of drug-likeness (QED) is 0.125. The zero-order valence-electron chi connectivity index (χ0n) is 19.3. The van der Waals surface area contributed by atoms with Crippen LogP contribution in [0.15, 0.2) is 78.6 Å². The largest absolute Gasteiger partial charge is 0.492 e. The number of rotatable bonds is 11. The predicted octanol–water partition coefficient (Wildman–Crippen LogP) is 6.29. The van der Waals surface area contributed by atoms with Crippen molar-refractivity contribution in [3.8, 4) is 23.1 Å². The Morgan fingerprint density at radius 1 is 1.15 bits per heavy atom. The molecule has 0 fully saturated rings. The molecule has 1 atom stereocenters. The van der Waals surface area contributed by atoms with Crippen molar-refractivity contribution in [2.24, 2.45) is 0 Å². The van der Waals surface area contributed by atoms with Gasteiger partial charge < -0.3 is 14.4 Å². The number of thiophene rings is 1. The lowest BCUT2D eigenvalue weighted by Crippen LogP contribution is -2.27. The van der Waals surface area contributed by atoms with E-state index in [1.54, 1.807) is 35.6 Å². The first kappa shape index (κ1) is 26.2. The molecule has 0 saturated heterocycles. The highest BCUT2D eigenvalue weighted by molar-refractivity contribution is 7.23. The normalized spacial score (nSPS) is 11.3. The van der Waals surface area contributed by atoms with Crippen LogP contribution in [0.1, 0.15) is 30.5 Å². The highest BCUT2D eigenvalue weighted by atomic mass is 32.1. The van der Waals surface area contributed by atoms with Crippen LogP contribution in [0.25, 0.3) is 6.08 Å². The minimum Gasteiger partial charge on any atom is -0.492 e. The smallest absolute Gasteiger partial charge is 0.308 e. The highest BCUT2D eigenvalue weighted by Gasteiger charge is 2.05. The van der Waals surface area contributed by atoms with E-state index >= 15 is 0 Å². The molecule has 1 heterocycles. The summed E-state index contributed by atoms with van der Waals surface area (Å²) in [5.41, 5.74) is 4.86. The molecule has 2 rings (SSSR count). The van der Waals surface area contributed by atoms with Gasteiger partial charge in [0.25, 0.3) is 0 Å². The molecule has 0 amide bonds. The van der Waals surface area contributed by atoms with E-state index in [1.165, 1.54) is 6.92 Å². The first-order valence-corrected chi connectivity index (χ1v) is 12.0. The van der Waals surface area contributed by atoms with Crippen molar-refractivity contribution in [3.05, 3.63) is 88.3 Å². The Labute approximate surface area is 203 Å². The Morgan fingerprint density at radius 2 is 1.88 bits per heavy atom. The maximum absolute atomic E-state index is 11.0. The Kier molecular flexibility index (Phi) is 11.2. The molecule has 0 bridgehead atoms. The Hall–Kier alpha value is -3.06. The number of carbonyl (C=O) groups excluding carboxylic acids is 1. The van der Waals surface area contributed by atoms with Crippen LogP contribution in [0.3, 0.4) is 0 Å². The third-order valence-electron chi connectivity index (χ3n) is 4.51. The van der Waals surface area contributed by atoms with E-state index < -0.39 is 0 Å². The molecule has 0 spiro atoms. The van der Waals surface area contributed by atoms with Crippen LogP contribution in [0.5, 0.6) is 11.5 Å². The van der Waals surface area contributed by atoms with Gasteiger partial charge in [-0.2, -0.15) is 0 Å². The van der Waals surface area contributed by atoms with Crippen LogP contribution in [0.4, 0.5) is 0 Å². The van der Waals surface area contributed by atoms with E-state index in [2.05, 4.69) is 63.5 Å². The topological polar surface area (TPSA) is 38.8 Å².